The van der Waals surface area contributed by atoms with Crippen molar-refractivity contribution in [2.24, 2.45) is 4.99 Å². The second-order valence-electron chi connectivity index (χ2n) is 7.75. The average Bonchev–Trinajstić information content (AvgIpc) is 3.32. The Hall–Kier alpha value is -3.28. The SMILES string of the molecule is CN=C(NCc1c(O)ccc2c1CCCC2)NC(C)c1cccc(-n2cccn2)c1. The first-order valence-corrected chi connectivity index (χ1v) is 10.6. The van der Waals surface area contributed by atoms with Crippen LogP contribution < -0.4 is 10.6 Å². The molecule has 1 aliphatic rings. The summed E-state index contributed by atoms with van der Waals surface area (Å²) >= 11 is 0. The van der Waals surface area contributed by atoms with E-state index in [-0.39, 0.29) is 6.04 Å². The first-order valence-electron chi connectivity index (χ1n) is 10.6. The van der Waals surface area contributed by atoms with Crippen LogP contribution in [0.25, 0.3) is 5.69 Å². The van der Waals surface area contributed by atoms with Crippen molar-refractivity contribution in [1.82, 2.24) is 20.4 Å². The molecule has 3 N–H and O–H groups in total. The number of rotatable bonds is 5. The van der Waals surface area contributed by atoms with Crippen LogP contribution in [0.1, 0.15) is 48.1 Å². The minimum Gasteiger partial charge on any atom is -0.508 e. The summed E-state index contributed by atoms with van der Waals surface area (Å²) < 4.78 is 1.85. The molecule has 1 atom stereocenters. The fourth-order valence-corrected chi connectivity index (χ4v) is 4.10. The second kappa shape index (κ2) is 9.03. The van der Waals surface area contributed by atoms with Gasteiger partial charge < -0.3 is 15.7 Å². The average molecular weight is 404 g/mol. The molecule has 4 rings (SSSR count). The van der Waals surface area contributed by atoms with E-state index in [1.165, 1.54) is 24.0 Å². The van der Waals surface area contributed by atoms with Gasteiger partial charge in [0.1, 0.15) is 5.75 Å². The van der Waals surface area contributed by atoms with Crippen molar-refractivity contribution in [2.75, 3.05) is 7.05 Å². The molecule has 156 valence electrons. The van der Waals surface area contributed by atoms with E-state index in [4.69, 9.17) is 0 Å². The highest BCUT2D eigenvalue weighted by molar-refractivity contribution is 5.80. The van der Waals surface area contributed by atoms with Crippen LogP contribution in [0.5, 0.6) is 5.75 Å². The van der Waals surface area contributed by atoms with Crippen LogP contribution in [-0.4, -0.2) is 27.9 Å². The zero-order valence-corrected chi connectivity index (χ0v) is 17.6. The second-order valence-corrected chi connectivity index (χ2v) is 7.75. The standard InChI is InChI=1S/C24H29N5O/c1-17(19-8-5-9-20(15-19)29-14-6-13-27-29)28-24(25-2)26-16-22-21-10-4-3-7-18(21)11-12-23(22)30/h5-6,8-9,11-15,17,30H,3-4,7,10,16H2,1-2H3,(H2,25,26,28). The maximum atomic E-state index is 10.4. The molecule has 0 aliphatic heterocycles. The molecule has 0 amide bonds. The summed E-state index contributed by atoms with van der Waals surface area (Å²) in [5, 5.41) is 21.6. The molecule has 2 aromatic carbocycles. The summed E-state index contributed by atoms with van der Waals surface area (Å²) in [6.45, 7) is 2.66. The predicted molar refractivity (Wildman–Crippen MR) is 120 cm³/mol. The lowest BCUT2D eigenvalue weighted by atomic mass is 9.88. The monoisotopic (exact) mass is 403 g/mol. The van der Waals surface area contributed by atoms with Crippen molar-refractivity contribution < 1.29 is 5.11 Å². The first-order chi connectivity index (χ1) is 14.7. The van der Waals surface area contributed by atoms with Crippen LogP contribution in [-0.2, 0) is 19.4 Å². The number of hydrogen-bond donors (Lipinski definition) is 3. The molecule has 0 bridgehead atoms. The molecule has 6 nitrogen and oxygen atoms in total. The van der Waals surface area contributed by atoms with E-state index in [0.29, 0.717) is 18.3 Å². The lowest BCUT2D eigenvalue weighted by Gasteiger charge is -2.22. The third-order valence-corrected chi connectivity index (χ3v) is 5.77. The highest BCUT2D eigenvalue weighted by Crippen LogP contribution is 2.30. The van der Waals surface area contributed by atoms with Crippen LogP contribution in [0.4, 0.5) is 0 Å². The summed E-state index contributed by atoms with van der Waals surface area (Å²) in [4.78, 5) is 4.38. The number of hydrogen-bond acceptors (Lipinski definition) is 3. The van der Waals surface area contributed by atoms with Gasteiger partial charge in [-0.1, -0.05) is 18.2 Å². The van der Waals surface area contributed by atoms with Gasteiger partial charge in [0.05, 0.1) is 11.7 Å². The van der Waals surface area contributed by atoms with Crippen LogP contribution in [0.3, 0.4) is 0 Å². The van der Waals surface area contributed by atoms with Gasteiger partial charge in [-0.25, -0.2) is 4.68 Å². The van der Waals surface area contributed by atoms with Gasteiger partial charge in [-0.2, -0.15) is 5.10 Å². The molecule has 0 saturated heterocycles. The van der Waals surface area contributed by atoms with Crippen molar-refractivity contribution in [3.8, 4) is 11.4 Å². The molecule has 0 saturated carbocycles. The molecular formula is C24H29N5O. The third kappa shape index (κ3) is 4.32. The normalized spacial score (nSPS) is 14.8. The number of aliphatic imine (C=N–C) groups is 1. The number of aryl methyl sites for hydroxylation is 1. The number of phenolic OH excluding ortho intramolecular Hbond substituents is 1. The maximum absolute atomic E-state index is 10.4. The fraction of sp³-hybridized carbons (Fsp3) is 0.333. The molecule has 1 unspecified atom stereocenters. The van der Waals surface area contributed by atoms with E-state index >= 15 is 0 Å². The minimum absolute atomic E-state index is 0.0602. The van der Waals surface area contributed by atoms with Crippen LogP contribution in [0, 0.1) is 0 Å². The van der Waals surface area contributed by atoms with E-state index in [9.17, 15) is 5.11 Å². The Morgan fingerprint density at radius 3 is 2.87 bits per heavy atom. The van der Waals surface area contributed by atoms with Crippen molar-refractivity contribution >= 4 is 5.96 Å². The summed E-state index contributed by atoms with van der Waals surface area (Å²) in [6.07, 6.45) is 8.24. The molecule has 1 aromatic heterocycles. The first kappa shape index (κ1) is 20.0. The zero-order valence-electron chi connectivity index (χ0n) is 17.6. The largest absolute Gasteiger partial charge is 0.508 e. The number of phenols is 1. The number of guanidine groups is 1. The Bertz CT molecular complexity index is 1030. The van der Waals surface area contributed by atoms with Crippen molar-refractivity contribution in [3.05, 3.63) is 77.1 Å². The molecule has 6 heteroatoms. The number of fused-ring (bicyclic) bond motifs is 1. The minimum atomic E-state index is 0.0602. The van der Waals surface area contributed by atoms with Crippen LogP contribution in [0.2, 0.25) is 0 Å². The van der Waals surface area contributed by atoms with E-state index in [2.05, 4.69) is 45.8 Å². The summed E-state index contributed by atoms with van der Waals surface area (Å²) in [7, 11) is 1.77. The van der Waals surface area contributed by atoms with Crippen molar-refractivity contribution in [2.45, 2.75) is 45.2 Å². The fourth-order valence-electron chi connectivity index (χ4n) is 4.10. The maximum Gasteiger partial charge on any atom is 0.191 e. The number of aromatic hydroxyl groups is 1. The Labute approximate surface area is 177 Å². The Kier molecular flexibility index (Phi) is 6.02. The molecule has 0 fully saturated rings. The van der Waals surface area contributed by atoms with Gasteiger partial charge in [-0.15, -0.1) is 0 Å². The van der Waals surface area contributed by atoms with Crippen molar-refractivity contribution in [1.29, 1.82) is 0 Å². The van der Waals surface area contributed by atoms with Crippen LogP contribution >= 0.6 is 0 Å². The third-order valence-electron chi connectivity index (χ3n) is 5.77. The lowest BCUT2D eigenvalue weighted by molar-refractivity contribution is 0.464. The van der Waals surface area contributed by atoms with Gasteiger partial charge in [0.25, 0.3) is 0 Å². The summed E-state index contributed by atoms with van der Waals surface area (Å²) in [6, 6.07) is 14.2. The van der Waals surface area contributed by atoms with Gasteiger partial charge in [0, 0.05) is 31.5 Å². The van der Waals surface area contributed by atoms with Gasteiger partial charge in [0.2, 0.25) is 0 Å². The lowest BCUT2D eigenvalue weighted by Crippen LogP contribution is -2.38. The molecular weight excluding hydrogens is 374 g/mol. The van der Waals surface area contributed by atoms with Gasteiger partial charge in [-0.05, 0) is 73.6 Å². The summed E-state index contributed by atoms with van der Waals surface area (Å²) in [5.41, 5.74) is 5.82. The van der Waals surface area contributed by atoms with Crippen molar-refractivity contribution in [3.63, 3.8) is 0 Å². The molecule has 1 heterocycles. The smallest absolute Gasteiger partial charge is 0.191 e. The molecule has 30 heavy (non-hydrogen) atoms. The van der Waals surface area contributed by atoms with Gasteiger partial charge >= 0.3 is 0 Å². The van der Waals surface area contributed by atoms with Gasteiger partial charge in [0.15, 0.2) is 5.96 Å². The topological polar surface area (TPSA) is 74.5 Å². The van der Waals surface area contributed by atoms with Gasteiger partial charge in [-0.3, -0.25) is 4.99 Å². The van der Waals surface area contributed by atoms with Crippen LogP contribution in [0.15, 0.2) is 59.9 Å². The van der Waals surface area contributed by atoms with E-state index in [1.807, 2.05) is 35.1 Å². The Morgan fingerprint density at radius 1 is 1.20 bits per heavy atom. The molecule has 0 spiro atoms. The molecule has 1 aliphatic carbocycles. The quantitative estimate of drug-likeness (QED) is 0.446. The Balaban J connectivity index is 1.44. The predicted octanol–water partition coefficient (Wildman–Crippen LogP) is 3.88. The van der Waals surface area contributed by atoms with E-state index < -0.39 is 0 Å². The number of nitrogens with one attached hydrogen (secondary N) is 2. The van der Waals surface area contributed by atoms with E-state index in [0.717, 1.165) is 29.7 Å². The molecule has 3 aromatic rings. The number of benzene rings is 2. The highest BCUT2D eigenvalue weighted by Gasteiger charge is 2.17. The number of nitrogens with zero attached hydrogens (tertiary/aromatic N) is 3. The molecule has 0 radical (unpaired) electrons. The van der Waals surface area contributed by atoms with E-state index in [1.54, 1.807) is 13.2 Å². The highest BCUT2D eigenvalue weighted by atomic mass is 16.3. The number of aromatic nitrogens is 2. The Morgan fingerprint density at radius 2 is 2.07 bits per heavy atom. The zero-order chi connectivity index (χ0) is 20.9. The summed E-state index contributed by atoms with van der Waals surface area (Å²) in [5.74, 6) is 1.07.